The van der Waals surface area contributed by atoms with Gasteiger partial charge in [0, 0.05) is 43.3 Å². The molecule has 1 aliphatic rings. The van der Waals surface area contributed by atoms with E-state index in [1.807, 2.05) is 41.6 Å². The third-order valence-corrected chi connectivity index (χ3v) is 6.01. The second-order valence-electron chi connectivity index (χ2n) is 8.47. The van der Waals surface area contributed by atoms with Crippen LogP contribution in [0.15, 0.2) is 35.3 Å². The summed E-state index contributed by atoms with van der Waals surface area (Å²) >= 11 is 0. The first-order chi connectivity index (χ1) is 13.8. The Morgan fingerprint density at radius 1 is 1.21 bits per heavy atom. The minimum atomic E-state index is -0.177. The number of aromatic amines is 1. The highest BCUT2D eigenvalue weighted by molar-refractivity contribution is 5.97. The number of aromatic nitrogens is 3. The van der Waals surface area contributed by atoms with Gasteiger partial charge in [-0.3, -0.25) is 14.7 Å². The molecule has 0 radical (unpaired) electrons. The van der Waals surface area contributed by atoms with Gasteiger partial charge in [0.15, 0.2) is 0 Å². The average Bonchev–Trinajstić information content (AvgIpc) is 3.21. The Bertz CT molecular complexity index is 1120. The number of rotatable bonds is 3. The van der Waals surface area contributed by atoms with E-state index < -0.39 is 0 Å². The van der Waals surface area contributed by atoms with E-state index >= 15 is 0 Å². The second kappa shape index (κ2) is 7.50. The van der Waals surface area contributed by atoms with Gasteiger partial charge in [-0.25, -0.2) is 0 Å². The van der Waals surface area contributed by atoms with Crippen molar-refractivity contribution in [2.24, 2.45) is 7.05 Å². The molecule has 0 atom stereocenters. The Morgan fingerprint density at radius 3 is 2.59 bits per heavy atom. The van der Waals surface area contributed by atoms with Crippen LogP contribution in [0.25, 0.3) is 10.9 Å². The molecule has 1 aliphatic heterocycles. The topological polar surface area (TPSA) is 71.0 Å². The molecule has 6 heteroatoms. The number of hydrogen-bond donors (Lipinski definition) is 1. The number of pyridine rings is 1. The van der Waals surface area contributed by atoms with E-state index in [9.17, 15) is 9.59 Å². The lowest BCUT2D eigenvalue weighted by Gasteiger charge is -2.31. The summed E-state index contributed by atoms with van der Waals surface area (Å²) in [6.45, 7) is 7.51. The number of nitrogens with zero attached hydrogens (tertiary/aromatic N) is 3. The quantitative estimate of drug-likeness (QED) is 0.739. The van der Waals surface area contributed by atoms with Crippen LogP contribution in [0.3, 0.4) is 0 Å². The van der Waals surface area contributed by atoms with Gasteiger partial charge in [0.25, 0.3) is 5.91 Å². The van der Waals surface area contributed by atoms with Crippen LogP contribution in [0.2, 0.25) is 0 Å². The molecule has 1 saturated heterocycles. The van der Waals surface area contributed by atoms with Gasteiger partial charge >= 0.3 is 0 Å². The van der Waals surface area contributed by atoms with Crippen molar-refractivity contribution in [3.05, 3.63) is 63.2 Å². The number of benzene rings is 1. The average molecular weight is 393 g/mol. The van der Waals surface area contributed by atoms with Crippen molar-refractivity contribution in [1.29, 1.82) is 0 Å². The molecule has 0 aliphatic carbocycles. The molecule has 0 unspecified atom stereocenters. The molecule has 29 heavy (non-hydrogen) atoms. The van der Waals surface area contributed by atoms with Gasteiger partial charge in [-0.05, 0) is 43.9 Å². The number of H-pyrrole nitrogens is 1. The van der Waals surface area contributed by atoms with Gasteiger partial charge < -0.3 is 9.47 Å². The summed E-state index contributed by atoms with van der Waals surface area (Å²) in [7, 11) is 1.88. The van der Waals surface area contributed by atoms with Gasteiger partial charge in [0.1, 0.15) is 5.56 Å². The number of amides is 1. The Hall–Kier alpha value is -2.89. The van der Waals surface area contributed by atoms with Crippen molar-refractivity contribution in [1.82, 2.24) is 19.7 Å². The first kappa shape index (κ1) is 19.4. The van der Waals surface area contributed by atoms with Crippen LogP contribution in [0.4, 0.5) is 0 Å². The zero-order chi connectivity index (χ0) is 20.7. The lowest BCUT2D eigenvalue weighted by Crippen LogP contribution is -2.40. The molecular formula is C23H28N4O2. The van der Waals surface area contributed by atoms with E-state index in [0.717, 1.165) is 35.3 Å². The number of piperidine rings is 1. The second-order valence-corrected chi connectivity index (χ2v) is 8.47. The predicted octanol–water partition coefficient (Wildman–Crippen LogP) is 3.71. The van der Waals surface area contributed by atoms with Crippen LogP contribution in [0, 0.1) is 6.92 Å². The van der Waals surface area contributed by atoms with E-state index in [-0.39, 0.29) is 16.9 Å². The Labute approximate surface area is 170 Å². The minimum Gasteiger partial charge on any atom is -0.350 e. The number of hydrogen-bond acceptors (Lipinski definition) is 3. The Morgan fingerprint density at radius 2 is 1.93 bits per heavy atom. The molecule has 1 N–H and O–H groups in total. The summed E-state index contributed by atoms with van der Waals surface area (Å²) in [5.74, 6) is 0.607. The van der Waals surface area contributed by atoms with Gasteiger partial charge in [-0.15, -0.1) is 0 Å². The standard InChI is InChI=1S/C23H28N4O2/c1-14(2)19-12-20(25-24-19)16-7-9-27(10-8-16)23(29)18-13-26(4)21-6-5-15(3)11-17(21)22(18)28/h5-6,11-14,16H,7-10H2,1-4H3,(H,24,25). The lowest BCUT2D eigenvalue weighted by molar-refractivity contribution is 0.0710. The van der Waals surface area contributed by atoms with Crippen LogP contribution in [-0.4, -0.2) is 38.7 Å². The minimum absolute atomic E-state index is 0.167. The molecule has 2 aromatic heterocycles. The molecule has 1 amide bonds. The zero-order valence-corrected chi connectivity index (χ0v) is 17.5. The van der Waals surface area contributed by atoms with Crippen LogP contribution in [0.5, 0.6) is 0 Å². The number of carbonyl (C=O) groups excluding carboxylic acids is 1. The van der Waals surface area contributed by atoms with Crippen molar-refractivity contribution in [2.45, 2.75) is 45.4 Å². The predicted molar refractivity (Wildman–Crippen MR) is 114 cm³/mol. The first-order valence-corrected chi connectivity index (χ1v) is 10.3. The van der Waals surface area contributed by atoms with Crippen LogP contribution in [-0.2, 0) is 7.05 Å². The summed E-state index contributed by atoms with van der Waals surface area (Å²) in [5, 5.41) is 8.17. The van der Waals surface area contributed by atoms with Gasteiger partial charge in [-0.2, -0.15) is 5.10 Å². The van der Waals surface area contributed by atoms with E-state index in [2.05, 4.69) is 30.1 Å². The summed E-state index contributed by atoms with van der Waals surface area (Å²) < 4.78 is 1.87. The monoisotopic (exact) mass is 392 g/mol. The lowest BCUT2D eigenvalue weighted by atomic mass is 9.92. The molecule has 6 nitrogen and oxygen atoms in total. The molecular weight excluding hydrogens is 364 g/mol. The normalized spacial score (nSPS) is 15.4. The Balaban J connectivity index is 1.54. The third kappa shape index (κ3) is 3.59. The van der Waals surface area contributed by atoms with E-state index in [0.29, 0.717) is 30.3 Å². The fraction of sp³-hybridized carbons (Fsp3) is 0.435. The Kier molecular flexibility index (Phi) is 5.03. The summed E-state index contributed by atoms with van der Waals surface area (Å²) in [6.07, 6.45) is 3.43. The zero-order valence-electron chi connectivity index (χ0n) is 17.5. The molecule has 1 aromatic carbocycles. The van der Waals surface area contributed by atoms with Crippen molar-refractivity contribution < 1.29 is 4.79 Å². The van der Waals surface area contributed by atoms with Crippen molar-refractivity contribution >= 4 is 16.8 Å². The number of likely N-dealkylation sites (tertiary alicyclic amines) is 1. The molecule has 3 aromatic rings. The first-order valence-electron chi connectivity index (χ1n) is 10.3. The SMILES string of the molecule is Cc1ccc2c(c1)c(=O)c(C(=O)N1CCC(c3cc(C(C)C)n[nH]3)CC1)cn2C. The maximum Gasteiger partial charge on any atom is 0.259 e. The van der Waals surface area contributed by atoms with E-state index in [4.69, 9.17) is 0 Å². The number of fused-ring (bicyclic) bond motifs is 1. The number of carbonyl (C=O) groups is 1. The molecule has 0 bridgehead atoms. The van der Waals surface area contributed by atoms with Crippen LogP contribution in [0.1, 0.15) is 65.8 Å². The molecule has 3 heterocycles. The fourth-order valence-electron chi connectivity index (χ4n) is 4.18. The largest absolute Gasteiger partial charge is 0.350 e. The highest BCUT2D eigenvalue weighted by Gasteiger charge is 2.27. The molecule has 4 rings (SSSR count). The highest BCUT2D eigenvalue weighted by Crippen LogP contribution is 2.29. The van der Waals surface area contributed by atoms with Crippen molar-refractivity contribution in [3.8, 4) is 0 Å². The van der Waals surface area contributed by atoms with E-state index in [1.54, 1.807) is 6.20 Å². The molecule has 152 valence electrons. The van der Waals surface area contributed by atoms with Crippen LogP contribution >= 0.6 is 0 Å². The fourth-order valence-corrected chi connectivity index (χ4v) is 4.18. The maximum atomic E-state index is 13.1. The summed E-state index contributed by atoms with van der Waals surface area (Å²) in [6, 6.07) is 7.93. The van der Waals surface area contributed by atoms with Crippen LogP contribution < -0.4 is 5.43 Å². The highest BCUT2D eigenvalue weighted by atomic mass is 16.2. The number of aryl methyl sites for hydroxylation is 2. The van der Waals surface area contributed by atoms with E-state index in [1.165, 1.54) is 0 Å². The van der Waals surface area contributed by atoms with Gasteiger partial charge in [-0.1, -0.05) is 25.5 Å². The number of nitrogens with one attached hydrogen (secondary N) is 1. The molecule has 0 saturated carbocycles. The van der Waals surface area contributed by atoms with Gasteiger partial charge in [0.05, 0.1) is 11.2 Å². The molecule has 1 fully saturated rings. The molecule has 0 spiro atoms. The van der Waals surface area contributed by atoms with Crippen molar-refractivity contribution in [2.75, 3.05) is 13.1 Å². The summed E-state index contributed by atoms with van der Waals surface area (Å²) in [4.78, 5) is 27.9. The summed E-state index contributed by atoms with van der Waals surface area (Å²) in [5.41, 5.74) is 4.17. The van der Waals surface area contributed by atoms with Gasteiger partial charge in [0.2, 0.25) is 5.43 Å². The maximum absolute atomic E-state index is 13.1. The van der Waals surface area contributed by atoms with Crippen molar-refractivity contribution in [3.63, 3.8) is 0 Å². The third-order valence-electron chi connectivity index (χ3n) is 6.01. The smallest absolute Gasteiger partial charge is 0.259 e.